The van der Waals surface area contributed by atoms with Crippen LogP contribution in [-0.4, -0.2) is 75.2 Å². The maximum Gasteiger partial charge on any atom is 0.427 e. The Morgan fingerprint density at radius 1 is 1.26 bits per heavy atom. The maximum atomic E-state index is 12.8. The fourth-order valence-electron chi connectivity index (χ4n) is 3.85. The van der Waals surface area contributed by atoms with Crippen molar-refractivity contribution in [3.8, 4) is 0 Å². The number of fused-ring (bicyclic) bond motifs is 1. The normalized spacial score (nSPS) is 15.8. The van der Waals surface area contributed by atoms with Gasteiger partial charge in [-0.1, -0.05) is 11.3 Å². The van der Waals surface area contributed by atoms with Gasteiger partial charge in [0.1, 0.15) is 4.88 Å². The van der Waals surface area contributed by atoms with Crippen LogP contribution in [0.2, 0.25) is 0 Å². The van der Waals surface area contributed by atoms with Crippen molar-refractivity contribution in [3.05, 3.63) is 33.3 Å². The molecule has 3 aromatic heterocycles. The van der Waals surface area contributed by atoms with E-state index in [2.05, 4.69) is 20.3 Å². The Kier molecular flexibility index (Phi) is 6.89. The van der Waals surface area contributed by atoms with E-state index in [0.29, 0.717) is 65.9 Å². The number of alkyl halides is 3. The number of hydrogen-bond donors (Lipinski definition) is 1. The average Bonchev–Trinajstić information content (AvgIpc) is 3.43. The Morgan fingerprint density at radius 3 is 2.68 bits per heavy atom. The van der Waals surface area contributed by atoms with Crippen molar-refractivity contribution in [3.63, 3.8) is 0 Å². The molecule has 1 fully saturated rings. The first-order chi connectivity index (χ1) is 16.1. The molecule has 0 aromatic carbocycles. The SMILES string of the molecule is Cc1nn(C(C)COCCC(=O)N2CCN(c3ncc(C(F)(F)F)s3)CC2)c2cn[nH]c(=O)c12. The Labute approximate surface area is 196 Å². The minimum absolute atomic E-state index is 0.0708. The molecule has 1 aliphatic heterocycles. The van der Waals surface area contributed by atoms with E-state index >= 15 is 0 Å². The second-order valence-electron chi connectivity index (χ2n) is 8.04. The van der Waals surface area contributed by atoms with Crippen LogP contribution in [0, 0.1) is 6.92 Å². The molecule has 3 aromatic rings. The van der Waals surface area contributed by atoms with Crippen molar-refractivity contribution >= 4 is 33.3 Å². The van der Waals surface area contributed by atoms with Gasteiger partial charge in [-0.25, -0.2) is 10.1 Å². The summed E-state index contributed by atoms with van der Waals surface area (Å²) in [6.07, 6.45) is -1.81. The largest absolute Gasteiger partial charge is 0.427 e. The van der Waals surface area contributed by atoms with Crippen LogP contribution in [0.25, 0.3) is 10.9 Å². The Balaban J connectivity index is 1.22. The number of H-pyrrole nitrogens is 1. The minimum atomic E-state index is -4.40. The first kappa shape index (κ1) is 24.1. The fraction of sp³-hybridized carbons (Fsp3) is 0.550. The lowest BCUT2D eigenvalue weighted by Crippen LogP contribution is -2.49. The molecule has 0 aliphatic carbocycles. The van der Waals surface area contributed by atoms with E-state index in [1.807, 2.05) is 6.92 Å². The highest BCUT2D eigenvalue weighted by molar-refractivity contribution is 7.15. The number of rotatable bonds is 7. The second kappa shape index (κ2) is 9.70. The van der Waals surface area contributed by atoms with E-state index in [9.17, 15) is 22.8 Å². The number of aromatic nitrogens is 5. The predicted octanol–water partition coefficient (Wildman–Crippen LogP) is 2.22. The zero-order chi connectivity index (χ0) is 24.5. The highest BCUT2D eigenvalue weighted by Crippen LogP contribution is 2.36. The third kappa shape index (κ3) is 5.06. The molecule has 0 spiro atoms. The van der Waals surface area contributed by atoms with Gasteiger partial charge in [-0.2, -0.15) is 23.4 Å². The van der Waals surface area contributed by atoms with Crippen LogP contribution >= 0.6 is 11.3 Å². The molecule has 1 saturated heterocycles. The summed E-state index contributed by atoms with van der Waals surface area (Å²) in [5, 5.41) is 11.4. The van der Waals surface area contributed by atoms with Crippen molar-refractivity contribution in [1.82, 2.24) is 29.9 Å². The number of nitrogens with zero attached hydrogens (tertiary/aromatic N) is 6. The molecule has 0 saturated carbocycles. The predicted molar refractivity (Wildman–Crippen MR) is 119 cm³/mol. The van der Waals surface area contributed by atoms with Crippen molar-refractivity contribution in [2.24, 2.45) is 0 Å². The van der Waals surface area contributed by atoms with E-state index in [-0.39, 0.29) is 30.5 Å². The number of thiazole rings is 1. The maximum absolute atomic E-state index is 12.8. The van der Waals surface area contributed by atoms with Gasteiger partial charge >= 0.3 is 6.18 Å². The lowest BCUT2D eigenvalue weighted by molar-refractivity contribution is -0.134. The van der Waals surface area contributed by atoms with Crippen LogP contribution in [0.5, 0.6) is 0 Å². The Hall–Kier alpha value is -3.00. The molecule has 14 heteroatoms. The smallest absolute Gasteiger partial charge is 0.379 e. The van der Waals surface area contributed by atoms with E-state index in [4.69, 9.17) is 4.74 Å². The first-order valence-corrected chi connectivity index (χ1v) is 11.5. The molecule has 1 atom stereocenters. The average molecular weight is 500 g/mol. The van der Waals surface area contributed by atoms with Gasteiger partial charge in [0.25, 0.3) is 5.56 Å². The number of carbonyl (C=O) groups excluding carboxylic acids is 1. The van der Waals surface area contributed by atoms with Crippen LogP contribution in [0.3, 0.4) is 0 Å². The van der Waals surface area contributed by atoms with E-state index in [1.54, 1.807) is 27.6 Å². The van der Waals surface area contributed by atoms with E-state index in [1.165, 1.54) is 0 Å². The fourth-order valence-corrected chi connectivity index (χ4v) is 4.68. The quantitative estimate of drug-likeness (QED) is 0.497. The number of halogens is 3. The molecule has 184 valence electrons. The Bertz CT molecular complexity index is 1210. The zero-order valence-corrected chi connectivity index (χ0v) is 19.4. The third-order valence-electron chi connectivity index (χ3n) is 5.62. The number of aryl methyl sites for hydroxylation is 1. The van der Waals surface area contributed by atoms with Gasteiger partial charge in [0, 0.05) is 26.2 Å². The topological polar surface area (TPSA) is 109 Å². The van der Waals surface area contributed by atoms with Crippen molar-refractivity contribution in [1.29, 1.82) is 0 Å². The summed E-state index contributed by atoms with van der Waals surface area (Å²) in [5.41, 5.74) is 0.928. The lowest BCUT2D eigenvalue weighted by Gasteiger charge is -2.34. The number of hydrogen-bond acceptors (Lipinski definition) is 8. The molecule has 0 radical (unpaired) electrons. The molecular formula is C20H24F3N7O3S. The summed E-state index contributed by atoms with van der Waals surface area (Å²) in [6.45, 7) is 5.85. The molecule has 1 amide bonds. The molecule has 4 rings (SSSR count). The van der Waals surface area contributed by atoms with Gasteiger partial charge in [0.2, 0.25) is 5.91 Å². The van der Waals surface area contributed by atoms with Gasteiger partial charge in [-0.3, -0.25) is 14.3 Å². The summed E-state index contributed by atoms with van der Waals surface area (Å²) in [6, 6.07) is -0.168. The summed E-state index contributed by atoms with van der Waals surface area (Å²) < 4.78 is 45.7. The number of amides is 1. The first-order valence-electron chi connectivity index (χ1n) is 10.7. The standard InChI is InChI=1S/C20H24F3N7O3S/c1-12(30-14-9-25-26-18(32)17(14)13(2)27-30)11-33-8-3-16(31)28-4-6-29(7-5-28)19-24-10-15(34-19)20(21,22)23/h9-10,12H,3-8,11H2,1-2H3,(H,26,32). The number of aromatic amines is 1. The Morgan fingerprint density at radius 2 is 2.00 bits per heavy atom. The van der Waals surface area contributed by atoms with Crippen LogP contribution in [0.1, 0.15) is 30.0 Å². The number of piperazine rings is 1. The number of carbonyl (C=O) groups is 1. The van der Waals surface area contributed by atoms with Gasteiger partial charge in [-0.15, -0.1) is 0 Å². The van der Waals surface area contributed by atoms with Gasteiger partial charge in [-0.05, 0) is 13.8 Å². The number of anilines is 1. The molecule has 10 nitrogen and oxygen atoms in total. The molecule has 0 bridgehead atoms. The highest BCUT2D eigenvalue weighted by Gasteiger charge is 2.34. The monoisotopic (exact) mass is 499 g/mol. The number of nitrogens with one attached hydrogen (secondary N) is 1. The van der Waals surface area contributed by atoms with Crippen LogP contribution in [0.15, 0.2) is 17.2 Å². The van der Waals surface area contributed by atoms with Crippen LogP contribution in [0.4, 0.5) is 18.3 Å². The van der Waals surface area contributed by atoms with Gasteiger partial charge < -0.3 is 14.5 Å². The summed E-state index contributed by atoms with van der Waals surface area (Å²) in [5.74, 6) is -0.0708. The summed E-state index contributed by atoms with van der Waals surface area (Å²) in [7, 11) is 0. The molecule has 1 aliphatic rings. The molecular weight excluding hydrogens is 475 g/mol. The van der Waals surface area contributed by atoms with Crippen molar-refractivity contribution in [2.75, 3.05) is 44.3 Å². The van der Waals surface area contributed by atoms with Crippen LogP contribution in [-0.2, 0) is 15.7 Å². The van der Waals surface area contributed by atoms with Gasteiger partial charge in [0.05, 0.1) is 54.7 Å². The molecule has 1 unspecified atom stereocenters. The molecule has 4 heterocycles. The summed E-state index contributed by atoms with van der Waals surface area (Å²) >= 11 is 0.613. The zero-order valence-electron chi connectivity index (χ0n) is 18.6. The van der Waals surface area contributed by atoms with Crippen LogP contribution < -0.4 is 10.5 Å². The number of ether oxygens (including phenoxy) is 1. The second-order valence-corrected chi connectivity index (χ2v) is 9.05. The lowest BCUT2D eigenvalue weighted by atomic mass is 10.3. The summed E-state index contributed by atoms with van der Waals surface area (Å²) in [4.78, 5) is 31.1. The molecule has 34 heavy (non-hydrogen) atoms. The van der Waals surface area contributed by atoms with E-state index < -0.39 is 11.1 Å². The molecule has 1 N–H and O–H groups in total. The minimum Gasteiger partial charge on any atom is -0.379 e. The van der Waals surface area contributed by atoms with Crippen molar-refractivity contribution < 1.29 is 22.7 Å². The highest BCUT2D eigenvalue weighted by atomic mass is 32.1. The van der Waals surface area contributed by atoms with Crippen molar-refractivity contribution in [2.45, 2.75) is 32.5 Å². The van der Waals surface area contributed by atoms with Gasteiger partial charge in [0.15, 0.2) is 5.13 Å². The van der Waals surface area contributed by atoms with E-state index in [0.717, 1.165) is 6.20 Å². The third-order valence-corrected chi connectivity index (χ3v) is 6.72.